The molecule has 0 aliphatic carbocycles. The van der Waals surface area contributed by atoms with E-state index < -0.39 is 12.1 Å². The van der Waals surface area contributed by atoms with Crippen LogP contribution in [0.25, 0.3) is 11.5 Å². The van der Waals surface area contributed by atoms with E-state index in [0.29, 0.717) is 12.2 Å². The molecule has 0 aromatic carbocycles. The molecule has 1 amide bonds. The van der Waals surface area contributed by atoms with Gasteiger partial charge in [-0.05, 0) is 23.6 Å². The summed E-state index contributed by atoms with van der Waals surface area (Å²) in [6.07, 6.45) is 0.265. The molecule has 37 heavy (non-hydrogen) atoms. The van der Waals surface area contributed by atoms with Gasteiger partial charge in [0.25, 0.3) is 5.91 Å². The summed E-state index contributed by atoms with van der Waals surface area (Å²) in [4.78, 5) is 34.0. The van der Waals surface area contributed by atoms with E-state index in [0.717, 1.165) is 54.9 Å². The van der Waals surface area contributed by atoms with Crippen molar-refractivity contribution in [2.45, 2.75) is 19.3 Å². The number of thiophene rings is 1. The second kappa shape index (κ2) is 11.5. The molecule has 1 fully saturated rings. The van der Waals surface area contributed by atoms with Gasteiger partial charge in [-0.15, -0.1) is 11.3 Å². The molecule has 1 aliphatic heterocycles. The lowest BCUT2D eigenvalue weighted by Crippen LogP contribution is -2.35. The van der Waals surface area contributed by atoms with Gasteiger partial charge in [0, 0.05) is 36.9 Å². The van der Waals surface area contributed by atoms with Crippen LogP contribution in [-0.2, 0) is 22.6 Å². The number of carbonyl (C=O) groups is 2. The first-order valence-corrected chi connectivity index (χ1v) is 12.0. The lowest BCUT2D eigenvalue weighted by atomic mass is 10.3. The molecule has 196 valence electrons. The molecule has 0 saturated carbocycles. The Kier molecular flexibility index (Phi) is 8.21. The van der Waals surface area contributed by atoms with Crippen LogP contribution < -0.4 is 5.32 Å². The fourth-order valence-corrected chi connectivity index (χ4v) is 4.22. The van der Waals surface area contributed by atoms with Gasteiger partial charge in [0.1, 0.15) is 12.0 Å². The van der Waals surface area contributed by atoms with E-state index in [-0.39, 0.29) is 5.91 Å². The number of hydrogen-bond donors (Lipinski definition) is 2. The molecule has 14 heteroatoms. The number of alkyl halides is 3. The molecule has 0 radical (unpaired) electrons. The van der Waals surface area contributed by atoms with Crippen molar-refractivity contribution in [1.82, 2.24) is 29.2 Å². The fraction of sp³-hybridized carbons (Fsp3) is 0.304. The number of nitrogens with zero attached hydrogens (tertiary/aromatic N) is 5. The number of pyridine rings is 1. The summed E-state index contributed by atoms with van der Waals surface area (Å²) < 4.78 is 41.0. The number of rotatable bonds is 6. The fourth-order valence-electron chi connectivity index (χ4n) is 3.57. The monoisotopic (exact) mass is 536 g/mol. The summed E-state index contributed by atoms with van der Waals surface area (Å²) in [6, 6.07) is 10.0. The van der Waals surface area contributed by atoms with E-state index in [1.54, 1.807) is 28.4 Å². The third-order valence-electron chi connectivity index (χ3n) is 5.38. The van der Waals surface area contributed by atoms with Gasteiger partial charge in [0.15, 0.2) is 0 Å². The second-order valence-electron chi connectivity index (χ2n) is 7.93. The topological polar surface area (TPSA) is 114 Å². The summed E-state index contributed by atoms with van der Waals surface area (Å²) in [5, 5.41) is 12.0. The van der Waals surface area contributed by atoms with Gasteiger partial charge in [0.2, 0.25) is 5.95 Å². The van der Waals surface area contributed by atoms with E-state index in [9.17, 15) is 18.0 Å². The summed E-state index contributed by atoms with van der Waals surface area (Å²) >= 11 is 1.62. The predicted octanol–water partition coefficient (Wildman–Crippen LogP) is 2.98. The number of imidazole rings is 2. The molecule has 0 atom stereocenters. The Morgan fingerprint density at radius 1 is 1.16 bits per heavy atom. The molecular formula is C23H23F3N6O4S. The minimum Gasteiger partial charge on any atom is -0.475 e. The molecule has 1 aliphatic rings. The number of carbonyl (C=O) groups excluding carboxylic acids is 1. The smallest absolute Gasteiger partial charge is 0.475 e. The molecule has 4 aromatic rings. The molecule has 0 unspecified atom stereocenters. The minimum atomic E-state index is -5.08. The average Bonchev–Trinajstić information content (AvgIpc) is 3.64. The Morgan fingerprint density at radius 3 is 2.59 bits per heavy atom. The highest BCUT2D eigenvalue weighted by molar-refractivity contribution is 7.09. The number of nitrogens with one attached hydrogen (secondary N) is 1. The molecule has 5 rings (SSSR count). The lowest BCUT2D eigenvalue weighted by Gasteiger charge is -2.25. The zero-order chi connectivity index (χ0) is 26.4. The number of morpholine rings is 1. The minimum absolute atomic E-state index is 0.198. The van der Waals surface area contributed by atoms with Crippen LogP contribution in [0.15, 0.2) is 54.4 Å². The number of amides is 1. The van der Waals surface area contributed by atoms with Crippen molar-refractivity contribution in [2.24, 2.45) is 0 Å². The van der Waals surface area contributed by atoms with E-state index in [2.05, 4.69) is 21.3 Å². The van der Waals surface area contributed by atoms with Crippen LogP contribution in [0.4, 0.5) is 13.2 Å². The van der Waals surface area contributed by atoms with E-state index in [1.165, 1.54) is 0 Å². The largest absolute Gasteiger partial charge is 0.490 e. The summed E-state index contributed by atoms with van der Waals surface area (Å²) in [5.74, 6) is -2.23. The van der Waals surface area contributed by atoms with Crippen LogP contribution in [0.2, 0.25) is 0 Å². The molecule has 4 aromatic heterocycles. The summed E-state index contributed by atoms with van der Waals surface area (Å²) in [5.41, 5.74) is 2.43. The standard InChI is InChI=1S/C21H22N6O2S.C2HF3O2/c28-20(22-12-16-4-3-11-30-16)18-14-26(15-23-18)21-24-17(13-25-7-9-29-10-8-25)19-5-1-2-6-27(19)21;3-2(4,5)1(6)7/h1-6,11,14-15H,7-10,12-13H2,(H,22,28);(H,6,7). The van der Waals surface area contributed by atoms with Crippen molar-refractivity contribution in [2.75, 3.05) is 26.3 Å². The number of ether oxygens (including phenoxy) is 1. The Hall–Kier alpha value is -3.75. The molecule has 5 heterocycles. The van der Waals surface area contributed by atoms with Crippen LogP contribution in [0.3, 0.4) is 0 Å². The number of aliphatic carboxylic acids is 1. The van der Waals surface area contributed by atoms with Crippen LogP contribution >= 0.6 is 11.3 Å². The van der Waals surface area contributed by atoms with Gasteiger partial charge in [-0.3, -0.25) is 18.7 Å². The van der Waals surface area contributed by atoms with Crippen molar-refractivity contribution in [3.05, 3.63) is 70.7 Å². The van der Waals surface area contributed by atoms with E-state index in [1.807, 2.05) is 40.2 Å². The number of halogens is 3. The maximum absolute atomic E-state index is 12.5. The quantitative estimate of drug-likeness (QED) is 0.390. The van der Waals surface area contributed by atoms with Crippen LogP contribution in [0.5, 0.6) is 0 Å². The van der Waals surface area contributed by atoms with Crippen molar-refractivity contribution in [1.29, 1.82) is 0 Å². The highest BCUT2D eigenvalue weighted by Crippen LogP contribution is 2.19. The van der Waals surface area contributed by atoms with Crippen LogP contribution in [0, 0.1) is 0 Å². The second-order valence-corrected chi connectivity index (χ2v) is 8.97. The van der Waals surface area contributed by atoms with Crippen molar-refractivity contribution >= 4 is 28.7 Å². The van der Waals surface area contributed by atoms with Crippen molar-refractivity contribution in [3.8, 4) is 5.95 Å². The van der Waals surface area contributed by atoms with Gasteiger partial charge in [0.05, 0.1) is 31.0 Å². The predicted molar refractivity (Wildman–Crippen MR) is 128 cm³/mol. The number of aromatic nitrogens is 4. The number of carboxylic acids is 1. The zero-order valence-electron chi connectivity index (χ0n) is 19.4. The van der Waals surface area contributed by atoms with Crippen molar-refractivity contribution in [3.63, 3.8) is 0 Å². The Bertz CT molecular complexity index is 1350. The van der Waals surface area contributed by atoms with Gasteiger partial charge in [-0.2, -0.15) is 13.2 Å². The van der Waals surface area contributed by atoms with E-state index >= 15 is 0 Å². The molecular weight excluding hydrogens is 513 g/mol. The first-order chi connectivity index (χ1) is 17.7. The Morgan fingerprint density at radius 2 is 1.92 bits per heavy atom. The first kappa shape index (κ1) is 26.3. The SMILES string of the molecule is O=C(NCc1cccs1)c1cn(-c2nc(CN3CCOCC3)c3ccccn23)cn1.O=C(O)C(F)(F)F. The van der Waals surface area contributed by atoms with E-state index in [4.69, 9.17) is 19.6 Å². The summed E-state index contributed by atoms with van der Waals surface area (Å²) in [7, 11) is 0. The highest BCUT2D eigenvalue weighted by Gasteiger charge is 2.38. The van der Waals surface area contributed by atoms with Gasteiger partial charge in [-0.25, -0.2) is 14.8 Å². The lowest BCUT2D eigenvalue weighted by molar-refractivity contribution is -0.192. The third-order valence-corrected chi connectivity index (χ3v) is 6.25. The molecule has 0 spiro atoms. The normalized spacial score (nSPS) is 14.2. The Labute approximate surface area is 212 Å². The molecule has 1 saturated heterocycles. The van der Waals surface area contributed by atoms with Gasteiger partial charge in [-0.1, -0.05) is 12.1 Å². The van der Waals surface area contributed by atoms with Crippen LogP contribution in [-0.4, -0.2) is 73.3 Å². The maximum atomic E-state index is 12.5. The first-order valence-electron chi connectivity index (χ1n) is 11.1. The molecule has 0 bridgehead atoms. The van der Waals surface area contributed by atoms with Gasteiger partial charge >= 0.3 is 12.1 Å². The zero-order valence-corrected chi connectivity index (χ0v) is 20.2. The molecule has 2 N–H and O–H groups in total. The van der Waals surface area contributed by atoms with Crippen LogP contribution in [0.1, 0.15) is 21.1 Å². The maximum Gasteiger partial charge on any atom is 0.490 e. The Balaban J connectivity index is 0.000000405. The number of hydrogen-bond acceptors (Lipinski definition) is 7. The third kappa shape index (κ3) is 6.72. The van der Waals surface area contributed by atoms with Crippen molar-refractivity contribution < 1.29 is 32.6 Å². The average molecular weight is 537 g/mol. The highest BCUT2D eigenvalue weighted by atomic mass is 32.1. The molecule has 10 nitrogen and oxygen atoms in total. The number of fused-ring (bicyclic) bond motifs is 1. The number of carboxylic acid groups (broad SMARTS) is 1. The summed E-state index contributed by atoms with van der Waals surface area (Å²) in [6.45, 7) is 4.58. The van der Waals surface area contributed by atoms with Gasteiger partial charge < -0.3 is 15.2 Å².